The minimum atomic E-state index is -0.128. The third kappa shape index (κ3) is 4.84. The van der Waals surface area contributed by atoms with Crippen LogP contribution in [0.2, 0.25) is 0 Å². The maximum Gasteiger partial charge on any atom is 0.0561 e. The molecule has 0 N–H and O–H groups in total. The van der Waals surface area contributed by atoms with Gasteiger partial charge in [0.1, 0.15) is 0 Å². The van der Waals surface area contributed by atoms with Crippen molar-refractivity contribution in [1.82, 2.24) is 4.57 Å². The number of anilines is 3. The Hall–Kier alpha value is -6.94. The highest BCUT2D eigenvalue weighted by molar-refractivity contribution is 7.26. The molecule has 1 aliphatic rings. The second kappa shape index (κ2) is 12.5. The Morgan fingerprint density at radius 1 is 0.431 bits per heavy atom. The number of rotatable bonds is 5. The monoisotopic (exact) mass is 758 g/mol. The zero-order valence-electron chi connectivity index (χ0n) is 32.3. The van der Waals surface area contributed by atoms with Gasteiger partial charge in [0.05, 0.1) is 11.0 Å². The van der Waals surface area contributed by atoms with Crippen molar-refractivity contribution in [1.29, 1.82) is 0 Å². The fourth-order valence-corrected chi connectivity index (χ4v) is 11.0. The molecule has 274 valence electrons. The molecule has 0 saturated carbocycles. The molecule has 0 amide bonds. The summed E-state index contributed by atoms with van der Waals surface area (Å²) in [6.45, 7) is 4.73. The topological polar surface area (TPSA) is 8.17 Å². The number of thiophene rings is 1. The summed E-state index contributed by atoms with van der Waals surface area (Å²) in [4.78, 5) is 2.47. The van der Waals surface area contributed by atoms with Gasteiger partial charge in [-0.1, -0.05) is 141 Å². The predicted molar refractivity (Wildman–Crippen MR) is 249 cm³/mol. The maximum absolute atomic E-state index is 2.47. The minimum Gasteiger partial charge on any atom is -0.310 e. The van der Waals surface area contributed by atoms with Crippen molar-refractivity contribution in [3.8, 4) is 27.9 Å². The van der Waals surface area contributed by atoms with Crippen LogP contribution in [0.3, 0.4) is 0 Å². The van der Waals surface area contributed by atoms with Gasteiger partial charge in [-0.15, -0.1) is 11.3 Å². The molecule has 0 bridgehead atoms. The van der Waals surface area contributed by atoms with Gasteiger partial charge in [-0.2, -0.15) is 0 Å². The molecule has 58 heavy (non-hydrogen) atoms. The Kier molecular flexibility index (Phi) is 7.18. The third-order valence-electron chi connectivity index (χ3n) is 12.6. The summed E-state index contributed by atoms with van der Waals surface area (Å²) in [5, 5.41) is 7.73. The van der Waals surface area contributed by atoms with E-state index in [1.807, 2.05) is 11.3 Å². The Bertz CT molecular complexity index is 3440. The highest BCUT2D eigenvalue weighted by Gasteiger charge is 2.36. The lowest BCUT2D eigenvalue weighted by molar-refractivity contribution is 0.660. The molecule has 2 heterocycles. The number of benzene rings is 9. The number of para-hydroxylation sites is 2. The van der Waals surface area contributed by atoms with E-state index in [1.54, 1.807) is 0 Å². The molecule has 12 rings (SSSR count). The van der Waals surface area contributed by atoms with Crippen molar-refractivity contribution < 1.29 is 0 Å². The molecule has 2 aromatic heterocycles. The second-order valence-corrected chi connectivity index (χ2v) is 17.2. The first-order chi connectivity index (χ1) is 28.5. The van der Waals surface area contributed by atoms with Gasteiger partial charge in [0.15, 0.2) is 0 Å². The lowest BCUT2D eigenvalue weighted by Gasteiger charge is -2.29. The molecule has 0 atom stereocenters. The first kappa shape index (κ1) is 33.2. The lowest BCUT2D eigenvalue weighted by atomic mass is 9.82. The second-order valence-electron chi connectivity index (χ2n) is 16.1. The number of hydrogen-bond donors (Lipinski definition) is 0. The average molecular weight is 759 g/mol. The van der Waals surface area contributed by atoms with E-state index < -0.39 is 0 Å². The third-order valence-corrected chi connectivity index (χ3v) is 13.7. The molecule has 0 radical (unpaired) electrons. The molecule has 11 aromatic rings. The molecule has 9 aromatic carbocycles. The first-order valence-electron chi connectivity index (χ1n) is 20.1. The van der Waals surface area contributed by atoms with Crippen molar-refractivity contribution in [2.45, 2.75) is 19.3 Å². The summed E-state index contributed by atoms with van der Waals surface area (Å²) < 4.78 is 5.06. The van der Waals surface area contributed by atoms with E-state index in [2.05, 4.69) is 217 Å². The number of fused-ring (bicyclic) bond motifs is 11. The normalized spacial score (nSPS) is 13.1. The zero-order chi connectivity index (χ0) is 38.5. The smallest absolute Gasteiger partial charge is 0.0561 e. The van der Waals surface area contributed by atoms with Crippen LogP contribution in [-0.4, -0.2) is 4.57 Å². The minimum absolute atomic E-state index is 0.128. The van der Waals surface area contributed by atoms with E-state index in [-0.39, 0.29) is 5.41 Å². The Morgan fingerprint density at radius 3 is 2.03 bits per heavy atom. The average Bonchev–Trinajstić information content (AvgIpc) is 3.89. The van der Waals surface area contributed by atoms with Crippen LogP contribution in [0.5, 0.6) is 0 Å². The molecule has 0 saturated heterocycles. The molecule has 0 fully saturated rings. The van der Waals surface area contributed by atoms with E-state index in [9.17, 15) is 0 Å². The Labute approximate surface area is 341 Å². The Morgan fingerprint density at radius 2 is 1.12 bits per heavy atom. The summed E-state index contributed by atoms with van der Waals surface area (Å²) in [5.41, 5.74) is 14.6. The molecule has 0 spiro atoms. The molecule has 3 heteroatoms. The van der Waals surface area contributed by atoms with Gasteiger partial charge in [0.25, 0.3) is 0 Å². The number of hydrogen-bond acceptors (Lipinski definition) is 2. The van der Waals surface area contributed by atoms with Crippen molar-refractivity contribution in [3.05, 3.63) is 205 Å². The fourth-order valence-electron chi connectivity index (χ4n) is 9.88. The van der Waals surface area contributed by atoms with Crippen LogP contribution in [0.1, 0.15) is 25.0 Å². The fraction of sp³-hybridized carbons (Fsp3) is 0.0545. The van der Waals surface area contributed by atoms with E-state index >= 15 is 0 Å². The van der Waals surface area contributed by atoms with Crippen LogP contribution in [-0.2, 0) is 5.41 Å². The van der Waals surface area contributed by atoms with Crippen molar-refractivity contribution >= 4 is 81.1 Å². The van der Waals surface area contributed by atoms with Gasteiger partial charge >= 0.3 is 0 Å². The van der Waals surface area contributed by atoms with Crippen LogP contribution >= 0.6 is 11.3 Å². The van der Waals surface area contributed by atoms with Crippen LogP contribution in [0.4, 0.5) is 17.1 Å². The van der Waals surface area contributed by atoms with Crippen LogP contribution in [0.25, 0.3) is 80.7 Å². The largest absolute Gasteiger partial charge is 0.310 e. The van der Waals surface area contributed by atoms with E-state index in [1.165, 1.54) is 86.1 Å². The molecule has 1 aliphatic carbocycles. The molecule has 2 nitrogen and oxygen atoms in total. The zero-order valence-corrected chi connectivity index (χ0v) is 33.1. The van der Waals surface area contributed by atoms with Crippen LogP contribution in [0, 0.1) is 0 Å². The SMILES string of the molecule is CC1(C)c2ccccc2-c2ccc(N(c3cccc(-c4cccc5ccc6sc7ccccc7c6c45)c3)c3ccc4c5ccccc5n(-c5ccccc5)c4c3)cc21. The van der Waals surface area contributed by atoms with E-state index in [0.29, 0.717) is 0 Å². The van der Waals surface area contributed by atoms with Gasteiger partial charge < -0.3 is 9.47 Å². The first-order valence-corrected chi connectivity index (χ1v) is 20.9. The lowest BCUT2D eigenvalue weighted by Crippen LogP contribution is -2.16. The van der Waals surface area contributed by atoms with Gasteiger partial charge in [0, 0.05) is 59.1 Å². The molecule has 0 unspecified atom stereocenters. The maximum atomic E-state index is 2.47. The quantitative estimate of drug-likeness (QED) is 0.170. The number of nitrogens with zero attached hydrogens (tertiary/aromatic N) is 2. The standard InChI is InChI=1S/C55H38N2S/c1-55(2)47-23-9-6-19-42(47)43-29-27-39(33-48(43)55)56(40-28-30-45-44-20-7-10-24-49(44)57(50(45)34-40)37-16-4-3-5-17-37)38-18-12-15-36(32-38)41-22-13-14-35-26-31-52-54(53(35)41)46-21-8-11-25-51(46)58-52/h3-34H,1-2H3. The molecule has 0 aliphatic heterocycles. The highest BCUT2D eigenvalue weighted by Crippen LogP contribution is 2.51. The number of aromatic nitrogens is 1. The summed E-state index contributed by atoms with van der Waals surface area (Å²) in [6.07, 6.45) is 0. The van der Waals surface area contributed by atoms with Gasteiger partial charge in [-0.25, -0.2) is 0 Å². The van der Waals surface area contributed by atoms with Gasteiger partial charge in [-0.3, -0.25) is 0 Å². The summed E-state index contributed by atoms with van der Waals surface area (Å²) in [7, 11) is 0. The van der Waals surface area contributed by atoms with E-state index in [0.717, 1.165) is 22.7 Å². The van der Waals surface area contributed by atoms with Crippen molar-refractivity contribution in [2.24, 2.45) is 0 Å². The molecular formula is C55H38N2S. The van der Waals surface area contributed by atoms with Crippen LogP contribution < -0.4 is 4.90 Å². The highest BCUT2D eigenvalue weighted by atomic mass is 32.1. The summed E-state index contributed by atoms with van der Waals surface area (Å²) in [6, 6.07) is 71.9. The predicted octanol–water partition coefficient (Wildman–Crippen LogP) is 15.7. The van der Waals surface area contributed by atoms with Crippen LogP contribution in [0.15, 0.2) is 194 Å². The van der Waals surface area contributed by atoms with E-state index in [4.69, 9.17) is 0 Å². The molecular weight excluding hydrogens is 721 g/mol. The van der Waals surface area contributed by atoms with Gasteiger partial charge in [0.2, 0.25) is 0 Å². The summed E-state index contributed by atoms with van der Waals surface area (Å²) in [5.74, 6) is 0. The summed E-state index contributed by atoms with van der Waals surface area (Å²) >= 11 is 1.88. The van der Waals surface area contributed by atoms with Crippen molar-refractivity contribution in [3.63, 3.8) is 0 Å². The van der Waals surface area contributed by atoms with Crippen molar-refractivity contribution in [2.75, 3.05) is 4.90 Å². The van der Waals surface area contributed by atoms with Gasteiger partial charge in [-0.05, 0) is 111 Å². The Balaban J connectivity index is 1.11.